The molecule has 0 radical (unpaired) electrons. The molecule has 0 amide bonds. The van der Waals surface area contributed by atoms with E-state index in [-0.39, 0.29) is 24.1 Å². The van der Waals surface area contributed by atoms with Crippen LogP contribution in [0.25, 0.3) is 0 Å². The molecule has 1 N–H and O–H groups in total. The second-order valence-corrected chi connectivity index (χ2v) is 6.59. The Balaban J connectivity index is 1.66. The number of nitrogens with zero attached hydrogens (tertiary/aromatic N) is 4. The van der Waals surface area contributed by atoms with Gasteiger partial charge in [0.1, 0.15) is 18.2 Å². The molecule has 1 aliphatic rings. The van der Waals surface area contributed by atoms with Crippen LogP contribution >= 0.6 is 0 Å². The van der Waals surface area contributed by atoms with Gasteiger partial charge in [-0.15, -0.1) is 0 Å². The molecule has 0 bridgehead atoms. The van der Waals surface area contributed by atoms with Crippen molar-refractivity contribution in [3.05, 3.63) is 58.2 Å². The van der Waals surface area contributed by atoms with Crippen molar-refractivity contribution in [1.29, 1.82) is 0 Å². The summed E-state index contributed by atoms with van der Waals surface area (Å²) in [5.74, 6) is 0.0979. The summed E-state index contributed by atoms with van der Waals surface area (Å²) in [7, 11) is 0. The molecule has 0 saturated carbocycles. The van der Waals surface area contributed by atoms with Crippen LogP contribution in [0.3, 0.4) is 0 Å². The molecular weight excluding hydrogens is 327 g/mol. The monoisotopic (exact) mass is 348 g/mol. The predicted octanol–water partition coefficient (Wildman–Crippen LogP) is 2.37. The molecule has 3 atom stereocenters. The van der Waals surface area contributed by atoms with Gasteiger partial charge in [0.25, 0.3) is 0 Å². The first-order valence-electron chi connectivity index (χ1n) is 8.28. The Hall–Kier alpha value is -2.32. The summed E-state index contributed by atoms with van der Waals surface area (Å²) in [4.78, 5) is 12.3. The van der Waals surface area contributed by atoms with Crippen LogP contribution < -0.4 is 0 Å². The molecular formula is C17H21FN4O3. The number of β-amino-alcohol motifs (C(OH)–C–C–N with tert-alkyl or cyclic N) is 1. The molecule has 3 rings (SSSR count). The molecule has 3 unspecified atom stereocenters. The predicted molar refractivity (Wildman–Crippen MR) is 89.4 cm³/mol. The molecule has 2 aromatic rings. The molecule has 1 aliphatic heterocycles. The van der Waals surface area contributed by atoms with Crippen LogP contribution in [-0.2, 0) is 6.54 Å². The zero-order valence-corrected chi connectivity index (χ0v) is 14.0. The maximum atomic E-state index is 13.6. The van der Waals surface area contributed by atoms with E-state index < -0.39 is 11.0 Å². The summed E-state index contributed by atoms with van der Waals surface area (Å²) in [6.07, 6.45) is 2.72. The van der Waals surface area contributed by atoms with E-state index in [9.17, 15) is 19.6 Å². The van der Waals surface area contributed by atoms with E-state index in [0.717, 1.165) is 18.5 Å². The fraction of sp³-hybridized carbons (Fsp3) is 0.471. The largest absolute Gasteiger partial charge is 0.390 e. The third kappa shape index (κ3) is 4.02. The minimum Gasteiger partial charge on any atom is -0.390 e. The molecule has 0 spiro atoms. The molecule has 8 heteroatoms. The Bertz CT molecular complexity index is 751. The van der Waals surface area contributed by atoms with E-state index in [4.69, 9.17) is 0 Å². The normalized spacial score (nSPS) is 22.2. The summed E-state index contributed by atoms with van der Waals surface area (Å²) in [6, 6.07) is 6.63. The lowest BCUT2D eigenvalue weighted by atomic mass is 9.95. The maximum Gasteiger partial charge on any atom is 0.306 e. The SMILES string of the molecule is CC1CCN(CC(O)Cn2cc([N+](=O)[O-])cn2)C1c1cccc(F)c1. The summed E-state index contributed by atoms with van der Waals surface area (Å²) in [5.41, 5.74) is 0.812. The molecule has 134 valence electrons. The Kier molecular flexibility index (Phi) is 5.10. The standard InChI is InChI=1S/C17H21FN4O3/c1-12-5-6-20(17(12)13-3-2-4-14(18)7-13)10-16(23)11-21-9-15(8-19-21)22(24)25/h2-4,7-9,12,16-17,23H,5-6,10-11H2,1H3. The summed E-state index contributed by atoms with van der Waals surface area (Å²) in [5, 5.41) is 25.0. The minimum absolute atomic E-state index is 0.0531. The lowest BCUT2D eigenvalue weighted by molar-refractivity contribution is -0.385. The zero-order chi connectivity index (χ0) is 18.0. The van der Waals surface area contributed by atoms with Crippen molar-refractivity contribution in [3.8, 4) is 0 Å². The second-order valence-electron chi connectivity index (χ2n) is 6.59. The molecule has 1 saturated heterocycles. The van der Waals surface area contributed by atoms with Crippen LogP contribution in [-0.4, -0.2) is 43.9 Å². The van der Waals surface area contributed by atoms with Crippen molar-refractivity contribution in [3.63, 3.8) is 0 Å². The van der Waals surface area contributed by atoms with Gasteiger partial charge >= 0.3 is 5.69 Å². The number of aromatic nitrogens is 2. The Morgan fingerprint density at radius 3 is 2.96 bits per heavy atom. The van der Waals surface area contributed by atoms with Gasteiger partial charge in [-0.25, -0.2) is 4.39 Å². The van der Waals surface area contributed by atoms with E-state index in [0.29, 0.717) is 12.5 Å². The highest BCUT2D eigenvalue weighted by Crippen LogP contribution is 2.37. The van der Waals surface area contributed by atoms with E-state index in [1.165, 1.54) is 23.1 Å². The lowest BCUT2D eigenvalue weighted by Crippen LogP contribution is -2.35. The lowest BCUT2D eigenvalue weighted by Gasteiger charge is -2.29. The third-order valence-electron chi connectivity index (χ3n) is 4.67. The average Bonchev–Trinajstić information content (AvgIpc) is 3.14. The third-order valence-corrected chi connectivity index (χ3v) is 4.67. The molecule has 7 nitrogen and oxygen atoms in total. The maximum absolute atomic E-state index is 13.6. The van der Waals surface area contributed by atoms with Gasteiger partial charge < -0.3 is 5.11 Å². The quantitative estimate of drug-likeness (QED) is 0.640. The van der Waals surface area contributed by atoms with Gasteiger partial charge in [0.2, 0.25) is 0 Å². The number of hydrogen-bond acceptors (Lipinski definition) is 5. The van der Waals surface area contributed by atoms with Crippen LogP contribution in [0.15, 0.2) is 36.7 Å². The first-order valence-corrected chi connectivity index (χ1v) is 8.28. The van der Waals surface area contributed by atoms with Gasteiger partial charge in [-0.05, 0) is 36.6 Å². The first-order chi connectivity index (χ1) is 11.9. The second kappa shape index (κ2) is 7.28. The fourth-order valence-corrected chi connectivity index (χ4v) is 3.55. The van der Waals surface area contributed by atoms with Crippen molar-refractivity contribution in [2.45, 2.75) is 32.0 Å². The highest BCUT2D eigenvalue weighted by atomic mass is 19.1. The number of likely N-dealkylation sites (tertiary alicyclic amines) is 1. The van der Waals surface area contributed by atoms with E-state index in [1.54, 1.807) is 12.1 Å². The number of aliphatic hydroxyl groups is 1. The number of rotatable bonds is 6. The highest BCUT2D eigenvalue weighted by molar-refractivity contribution is 5.22. The van der Waals surface area contributed by atoms with Gasteiger partial charge in [0, 0.05) is 12.6 Å². The van der Waals surface area contributed by atoms with Crippen LogP contribution in [0.2, 0.25) is 0 Å². The van der Waals surface area contributed by atoms with Crippen molar-refractivity contribution < 1.29 is 14.4 Å². The van der Waals surface area contributed by atoms with Gasteiger partial charge in [-0.1, -0.05) is 19.1 Å². The number of benzene rings is 1. The topological polar surface area (TPSA) is 84.4 Å². The summed E-state index contributed by atoms with van der Waals surface area (Å²) >= 11 is 0. The minimum atomic E-state index is -0.721. The number of nitro groups is 1. The number of aliphatic hydroxyl groups excluding tert-OH is 1. The van der Waals surface area contributed by atoms with Gasteiger partial charge in [0.15, 0.2) is 0 Å². The van der Waals surface area contributed by atoms with Crippen molar-refractivity contribution in [2.75, 3.05) is 13.1 Å². The number of hydrogen-bond donors (Lipinski definition) is 1. The molecule has 1 aromatic carbocycles. The Labute approximate surface area is 144 Å². The van der Waals surface area contributed by atoms with Crippen molar-refractivity contribution in [2.24, 2.45) is 5.92 Å². The van der Waals surface area contributed by atoms with Crippen molar-refractivity contribution in [1.82, 2.24) is 14.7 Å². The fourth-order valence-electron chi connectivity index (χ4n) is 3.55. The van der Waals surface area contributed by atoms with Crippen LogP contribution in [0.4, 0.5) is 10.1 Å². The molecule has 25 heavy (non-hydrogen) atoms. The van der Waals surface area contributed by atoms with Crippen molar-refractivity contribution >= 4 is 5.69 Å². The molecule has 2 heterocycles. The highest BCUT2D eigenvalue weighted by Gasteiger charge is 2.33. The first kappa shape index (κ1) is 17.5. The van der Waals surface area contributed by atoms with E-state index >= 15 is 0 Å². The van der Waals surface area contributed by atoms with E-state index in [2.05, 4.69) is 16.9 Å². The molecule has 1 aromatic heterocycles. The molecule has 1 fully saturated rings. The van der Waals surface area contributed by atoms with Gasteiger partial charge in [-0.2, -0.15) is 5.10 Å². The summed E-state index contributed by atoms with van der Waals surface area (Å²) < 4.78 is 14.9. The van der Waals surface area contributed by atoms with Crippen LogP contribution in [0.5, 0.6) is 0 Å². The number of halogens is 1. The van der Waals surface area contributed by atoms with Gasteiger partial charge in [0.05, 0.1) is 17.6 Å². The van der Waals surface area contributed by atoms with Gasteiger partial charge in [-0.3, -0.25) is 19.7 Å². The van der Waals surface area contributed by atoms with Crippen LogP contribution in [0, 0.1) is 21.8 Å². The summed E-state index contributed by atoms with van der Waals surface area (Å²) in [6.45, 7) is 3.52. The zero-order valence-electron chi connectivity index (χ0n) is 14.0. The average molecular weight is 348 g/mol. The van der Waals surface area contributed by atoms with Crippen LogP contribution in [0.1, 0.15) is 24.9 Å². The Morgan fingerprint density at radius 2 is 2.28 bits per heavy atom. The smallest absolute Gasteiger partial charge is 0.306 e. The Morgan fingerprint density at radius 1 is 1.48 bits per heavy atom. The van der Waals surface area contributed by atoms with E-state index in [1.807, 2.05) is 6.07 Å². The molecule has 0 aliphatic carbocycles.